The van der Waals surface area contributed by atoms with E-state index in [-0.39, 0.29) is 31.2 Å². The number of benzene rings is 1. The van der Waals surface area contributed by atoms with E-state index in [1.165, 1.54) is 29.5 Å². The Labute approximate surface area is 177 Å². The molecule has 30 heavy (non-hydrogen) atoms. The molecule has 1 N–H and O–H groups in total. The molecule has 2 heterocycles. The van der Waals surface area contributed by atoms with E-state index in [1.54, 1.807) is 0 Å². The maximum absolute atomic E-state index is 12.8. The zero-order valence-electron chi connectivity index (χ0n) is 17.6. The van der Waals surface area contributed by atoms with Gasteiger partial charge in [-0.1, -0.05) is 30.3 Å². The summed E-state index contributed by atoms with van der Waals surface area (Å²) in [6.45, 7) is 2.45. The lowest BCUT2D eigenvalue weighted by Gasteiger charge is -2.57. The van der Waals surface area contributed by atoms with Crippen LogP contribution < -0.4 is 0 Å². The number of aliphatic hydroxyl groups is 1. The third-order valence-corrected chi connectivity index (χ3v) is 7.12. The molecule has 0 radical (unpaired) electrons. The molecule has 0 amide bonds. The molecule has 3 aliphatic rings. The van der Waals surface area contributed by atoms with Crippen LogP contribution in [0, 0.1) is 0 Å². The van der Waals surface area contributed by atoms with Crippen molar-refractivity contribution in [2.45, 2.75) is 69.1 Å². The molecule has 1 aromatic carbocycles. The van der Waals surface area contributed by atoms with Gasteiger partial charge in [0.2, 0.25) is 0 Å². The average molecular weight is 423 g/mol. The number of allylic oxidation sites excluding steroid dienone is 2. The molecule has 3 atom stereocenters. The molecule has 1 aromatic rings. The second kappa shape index (κ2) is 9.41. The van der Waals surface area contributed by atoms with Gasteiger partial charge in [0.1, 0.15) is 0 Å². The highest BCUT2D eigenvalue weighted by Gasteiger charge is 2.49. The number of hydrogen-bond donors (Lipinski definition) is 1. The normalized spacial score (nSPS) is 28.8. The van der Waals surface area contributed by atoms with Gasteiger partial charge in [0, 0.05) is 31.1 Å². The summed E-state index contributed by atoms with van der Waals surface area (Å²) in [5.41, 5.74) is 3.90. The monoisotopic (exact) mass is 422 g/mol. The fraction of sp³-hybridized carbons (Fsp3) is 0.667. The van der Waals surface area contributed by atoms with Crippen molar-refractivity contribution < 1.29 is 18.3 Å². The van der Waals surface area contributed by atoms with E-state index >= 15 is 0 Å². The summed E-state index contributed by atoms with van der Waals surface area (Å²) in [5.74, 6) is 0.177. The van der Waals surface area contributed by atoms with E-state index in [1.807, 2.05) is 4.90 Å². The van der Waals surface area contributed by atoms with Crippen molar-refractivity contribution in [2.24, 2.45) is 0 Å². The Morgan fingerprint density at radius 1 is 1.00 bits per heavy atom. The van der Waals surface area contributed by atoms with Crippen LogP contribution in [0.2, 0.25) is 0 Å². The molecule has 2 saturated heterocycles. The van der Waals surface area contributed by atoms with Crippen molar-refractivity contribution in [3.05, 3.63) is 41.5 Å². The molecular weight excluding hydrogens is 389 g/mol. The first-order valence-electron chi connectivity index (χ1n) is 11.4. The number of rotatable bonds is 5. The van der Waals surface area contributed by atoms with Gasteiger partial charge in [-0.2, -0.15) is 13.2 Å². The quantitative estimate of drug-likeness (QED) is 0.737. The minimum absolute atomic E-state index is 0.0669. The summed E-state index contributed by atoms with van der Waals surface area (Å²) in [5, 5.41) is 10.0. The fourth-order valence-electron chi connectivity index (χ4n) is 5.52. The van der Waals surface area contributed by atoms with Gasteiger partial charge in [-0.05, 0) is 68.3 Å². The number of alkyl halides is 3. The number of nitrogens with zero attached hydrogens (tertiary/aromatic N) is 2. The zero-order valence-corrected chi connectivity index (χ0v) is 17.6. The van der Waals surface area contributed by atoms with Gasteiger partial charge >= 0.3 is 6.18 Å². The lowest BCUT2D eigenvalue weighted by Crippen LogP contribution is -2.67. The topological polar surface area (TPSA) is 26.7 Å². The fourth-order valence-corrected chi connectivity index (χ4v) is 5.52. The van der Waals surface area contributed by atoms with Gasteiger partial charge in [0.25, 0.3) is 0 Å². The highest BCUT2D eigenvalue weighted by molar-refractivity contribution is 5.66. The van der Waals surface area contributed by atoms with Crippen LogP contribution in [0.5, 0.6) is 0 Å². The van der Waals surface area contributed by atoms with Crippen LogP contribution in [0.1, 0.15) is 62.0 Å². The first-order chi connectivity index (χ1) is 14.5. The SMILES string of the molecule is OC[C@@H]1[C@H](c2ccc(C3=CCCCC3)cc2)[C@@H]2CN(CCC(F)(F)F)CCCCN12. The van der Waals surface area contributed by atoms with Gasteiger partial charge in [0.05, 0.1) is 13.0 Å². The van der Waals surface area contributed by atoms with Crippen molar-refractivity contribution in [1.82, 2.24) is 9.80 Å². The number of halogens is 3. The third kappa shape index (κ3) is 4.92. The molecule has 0 aromatic heterocycles. The third-order valence-electron chi connectivity index (χ3n) is 7.12. The lowest BCUT2D eigenvalue weighted by atomic mass is 9.74. The van der Waals surface area contributed by atoms with E-state index in [4.69, 9.17) is 0 Å². The number of fused-ring (bicyclic) bond motifs is 1. The second-order valence-electron chi connectivity index (χ2n) is 9.05. The minimum Gasteiger partial charge on any atom is -0.395 e. The molecular formula is C24H33F3N2O. The minimum atomic E-state index is -4.11. The lowest BCUT2D eigenvalue weighted by molar-refractivity contribution is -0.140. The maximum Gasteiger partial charge on any atom is 0.390 e. The Kier molecular flexibility index (Phi) is 6.85. The second-order valence-corrected chi connectivity index (χ2v) is 9.05. The molecule has 0 spiro atoms. The van der Waals surface area contributed by atoms with E-state index < -0.39 is 12.6 Å². The first-order valence-corrected chi connectivity index (χ1v) is 11.4. The molecule has 0 saturated carbocycles. The standard InChI is InChI=1S/C24H33F3N2O/c25-24(26,27)12-15-28-13-4-5-14-29-21(16-28)23(22(29)17-30)20-10-8-19(9-11-20)18-6-2-1-3-7-18/h6,8-11,21-23,30H,1-5,7,12-17H2/t21-,22+,23+/m0/s1. The van der Waals surface area contributed by atoms with Gasteiger partial charge in [0.15, 0.2) is 0 Å². The molecule has 3 nitrogen and oxygen atoms in total. The van der Waals surface area contributed by atoms with Crippen molar-refractivity contribution in [3.63, 3.8) is 0 Å². The Morgan fingerprint density at radius 3 is 2.43 bits per heavy atom. The maximum atomic E-state index is 12.8. The van der Waals surface area contributed by atoms with Crippen LogP contribution in [0.3, 0.4) is 0 Å². The van der Waals surface area contributed by atoms with Gasteiger partial charge in [-0.25, -0.2) is 0 Å². The Hall–Kier alpha value is -1.37. The van der Waals surface area contributed by atoms with Gasteiger partial charge in [-0.15, -0.1) is 0 Å². The van der Waals surface area contributed by atoms with Crippen molar-refractivity contribution in [1.29, 1.82) is 0 Å². The predicted octanol–water partition coefficient (Wildman–Crippen LogP) is 4.82. The Bertz CT molecular complexity index is 731. The molecule has 166 valence electrons. The molecule has 6 heteroatoms. The van der Waals surface area contributed by atoms with Crippen LogP contribution in [-0.2, 0) is 0 Å². The smallest absolute Gasteiger partial charge is 0.390 e. The van der Waals surface area contributed by atoms with E-state index in [0.717, 1.165) is 38.8 Å². The average Bonchev–Trinajstić information content (AvgIpc) is 2.72. The summed E-state index contributed by atoms with van der Waals surface area (Å²) < 4.78 is 38.3. The predicted molar refractivity (Wildman–Crippen MR) is 113 cm³/mol. The van der Waals surface area contributed by atoms with Crippen LogP contribution in [0.4, 0.5) is 13.2 Å². The van der Waals surface area contributed by atoms with E-state index in [2.05, 4.69) is 35.2 Å². The summed E-state index contributed by atoms with van der Waals surface area (Å²) in [4.78, 5) is 4.30. The number of aliphatic hydroxyl groups excluding tert-OH is 1. The van der Waals surface area contributed by atoms with Gasteiger partial charge in [-0.3, -0.25) is 4.90 Å². The zero-order chi connectivity index (χ0) is 21.1. The van der Waals surface area contributed by atoms with Crippen LogP contribution in [0.15, 0.2) is 30.3 Å². The molecule has 1 aliphatic carbocycles. The highest BCUT2D eigenvalue weighted by atomic mass is 19.4. The molecule has 0 bridgehead atoms. The van der Waals surface area contributed by atoms with Crippen molar-refractivity contribution >= 4 is 5.57 Å². The van der Waals surface area contributed by atoms with Crippen molar-refractivity contribution in [2.75, 3.05) is 32.8 Å². The summed E-state index contributed by atoms with van der Waals surface area (Å²) in [6.07, 6.45) is 4.15. The summed E-state index contributed by atoms with van der Waals surface area (Å²) in [7, 11) is 0. The molecule has 0 unspecified atom stereocenters. The molecule has 2 fully saturated rings. The van der Waals surface area contributed by atoms with Crippen LogP contribution in [-0.4, -0.2) is 66.0 Å². The highest BCUT2D eigenvalue weighted by Crippen LogP contribution is 2.42. The Morgan fingerprint density at radius 2 is 1.77 bits per heavy atom. The largest absolute Gasteiger partial charge is 0.395 e. The first kappa shape index (κ1) is 21.8. The molecule has 4 rings (SSSR count). The Balaban J connectivity index is 1.49. The number of hydrogen-bond acceptors (Lipinski definition) is 3. The van der Waals surface area contributed by atoms with Crippen molar-refractivity contribution in [3.8, 4) is 0 Å². The van der Waals surface area contributed by atoms with E-state index in [9.17, 15) is 18.3 Å². The molecule has 2 aliphatic heterocycles. The van der Waals surface area contributed by atoms with Crippen LogP contribution in [0.25, 0.3) is 5.57 Å². The summed E-state index contributed by atoms with van der Waals surface area (Å²) >= 11 is 0. The van der Waals surface area contributed by atoms with Crippen LogP contribution >= 0.6 is 0 Å². The van der Waals surface area contributed by atoms with Gasteiger partial charge < -0.3 is 10.0 Å². The van der Waals surface area contributed by atoms with E-state index in [0.29, 0.717) is 6.54 Å². The summed E-state index contributed by atoms with van der Waals surface area (Å²) in [6, 6.07) is 8.97.